The monoisotopic (exact) mass is 270 g/mol. The lowest BCUT2D eigenvalue weighted by molar-refractivity contribution is 0.0824. The van der Waals surface area contributed by atoms with E-state index in [1.807, 2.05) is 0 Å². The van der Waals surface area contributed by atoms with Gasteiger partial charge in [0, 0.05) is 31.8 Å². The normalized spacial score (nSPS) is 25.7. The summed E-state index contributed by atoms with van der Waals surface area (Å²) in [6, 6.07) is 1.36. The summed E-state index contributed by atoms with van der Waals surface area (Å²) < 4.78 is 5.77. The fraction of sp³-hybridized carbons (Fsp3) is 1.00. The van der Waals surface area contributed by atoms with E-state index in [-0.39, 0.29) is 0 Å². The lowest BCUT2D eigenvalue weighted by atomic mass is 10.1. The van der Waals surface area contributed by atoms with Gasteiger partial charge in [-0.25, -0.2) is 0 Å². The predicted molar refractivity (Wildman–Crippen MR) is 82.6 cm³/mol. The Labute approximate surface area is 120 Å². The Morgan fingerprint density at radius 2 is 2.11 bits per heavy atom. The summed E-state index contributed by atoms with van der Waals surface area (Å²) in [6.07, 6.45) is 4.99. The maximum Gasteiger partial charge on any atom is 0.0593 e. The molecule has 1 heterocycles. The van der Waals surface area contributed by atoms with Crippen LogP contribution in [0.2, 0.25) is 0 Å². The van der Waals surface area contributed by atoms with Crippen LogP contribution in [-0.4, -0.2) is 49.8 Å². The third-order valence-electron chi connectivity index (χ3n) is 4.07. The van der Waals surface area contributed by atoms with E-state index in [2.05, 4.69) is 37.9 Å². The molecule has 0 radical (unpaired) electrons. The molecule has 1 saturated heterocycles. The van der Waals surface area contributed by atoms with Gasteiger partial charge in [0.2, 0.25) is 0 Å². The molecule has 0 saturated carbocycles. The number of rotatable bonds is 8. The van der Waals surface area contributed by atoms with Crippen molar-refractivity contribution in [1.82, 2.24) is 10.2 Å². The topological polar surface area (TPSA) is 24.5 Å². The molecule has 1 aliphatic heterocycles. The molecule has 1 aliphatic rings. The molecule has 0 aromatic carbocycles. The van der Waals surface area contributed by atoms with Gasteiger partial charge in [-0.15, -0.1) is 0 Å². The lowest BCUT2D eigenvalue weighted by Crippen LogP contribution is -2.41. The van der Waals surface area contributed by atoms with E-state index in [9.17, 15) is 0 Å². The average molecular weight is 270 g/mol. The van der Waals surface area contributed by atoms with E-state index in [1.54, 1.807) is 0 Å². The van der Waals surface area contributed by atoms with Crippen LogP contribution in [0.1, 0.15) is 53.4 Å². The molecule has 0 spiro atoms. The summed E-state index contributed by atoms with van der Waals surface area (Å²) in [7, 11) is 0. The van der Waals surface area contributed by atoms with Gasteiger partial charge in [-0.05, 0) is 38.6 Å². The fourth-order valence-electron chi connectivity index (χ4n) is 2.66. The van der Waals surface area contributed by atoms with Gasteiger partial charge >= 0.3 is 0 Å². The quantitative estimate of drug-likeness (QED) is 0.686. The summed E-state index contributed by atoms with van der Waals surface area (Å²) in [6.45, 7) is 14.4. The van der Waals surface area contributed by atoms with Crippen LogP contribution in [0.3, 0.4) is 0 Å². The molecule has 114 valence electrons. The molecule has 0 amide bonds. The van der Waals surface area contributed by atoms with Crippen LogP contribution in [0.5, 0.6) is 0 Å². The summed E-state index contributed by atoms with van der Waals surface area (Å²) in [5.41, 5.74) is 0. The first-order chi connectivity index (χ1) is 9.13. The highest BCUT2D eigenvalue weighted by Crippen LogP contribution is 2.11. The predicted octanol–water partition coefficient (Wildman–Crippen LogP) is 2.90. The Kier molecular flexibility index (Phi) is 8.67. The van der Waals surface area contributed by atoms with E-state index >= 15 is 0 Å². The smallest absolute Gasteiger partial charge is 0.0593 e. The highest BCUT2D eigenvalue weighted by atomic mass is 16.5. The first-order valence-electron chi connectivity index (χ1n) is 8.18. The lowest BCUT2D eigenvalue weighted by Gasteiger charge is -2.28. The molecular weight excluding hydrogens is 236 g/mol. The summed E-state index contributed by atoms with van der Waals surface area (Å²) in [5.74, 6) is 0.746. The van der Waals surface area contributed by atoms with Crippen LogP contribution in [0.25, 0.3) is 0 Å². The standard InChI is InChI=1S/C16H34N2O/c1-5-6-16-13-18(15(4)7-9-17-16)10-12-19-11-8-14(2)3/h14-17H,5-13H2,1-4H3. The van der Waals surface area contributed by atoms with Crippen LogP contribution >= 0.6 is 0 Å². The molecule has 0 aliphatic carbocycles. The van der Waals surface area contributed by atoms with Crippen LogP contribution in [-0.2, 0) is 4.74 Å². The molecule has 0 aromatic heterocycles. The average Bonchev–Trinajstić information content (AvgIpc) is 2.52. The van der Waals surface area contributed by atoms with Crippen molar-refractivity contribution in [2.75, 3.05) is 32.8 Å². The Balaban J connectivity index is 2.24. The van der Waals surface area contributed by atoms with E-state index in [1.165, 1.54) is 32.2 Å². The number of hydrogen-bond acceptors (Lipinski definition) is 3. The van der Waals surface area contributed by atoms with Crippen LogP contribution < -0.4 is 5.32 Å². The molecule has 3 heteroatoms. The molecule has 2 atom stereocenters. The molecule has 0 aromatic rings. The van der Waals surface area contributed by atoms with Gasteiger partial charge < -0.3 is 10.1 Å². The largest absolute Gasteiger partial charge is 0.380 e. The minimum Gasteiger partial charge on any atom is -0.380 e. The molecular formula is C16H34N2O. The Morgan fingerprint density at radius 1 is 1.32 bits per heavy atom. The molecule has 1 fully saturated rings. The highest BCUT2D eigenvalue weighted by Gasteiger charge is 2.21. The van der Waals surface area contributed by atoms with Crippen molar-refractivity contribution in [3.8, 4) is 0 Å². The van der Waals surface area contributed by atoms with Gasteiger partial charge in [0.05, 0.1) is 6.61 Å². The SMILES string of the molecule is CCCC1CN(CCOCCC(C)C)C(C)CCN1. The molecule has 19 heavy (non-hydrogen) atoms. The van der Waals surface area contributed by atoms with Gasteiger partial charge in [0.1, 0.15) is 0 Å². The number of nitrogens with one attached hydrogen (secondary N) is 1. The third-order valence-corrected chi connectivity index (χ3v) is 4.07. The van der Waals surface area contributed by atoms with Crippen molar-refractivity contribution in [2.45, 2.75) is 65.5 Å². The summed E-state index contributed by atoms with van der Waals surface area (Å²) >= 11 is 0. The van der Waals surface area contributed by atoms with E-state index in [4.69, 9.17) is 4.74 Å². The number of nitrogens with zero attached hydrogens (tertiary/aromatic N) is 1. The van der Waals surface area contributed by atoms with Crippen molar-refractivity contribution in [1.29, 1.82) is 0 Å². The Hall–Kier alpha value is -0.120. The second-order valence-corrected chi connectivity index (χ2v) is 6.37. The van der Waals surface area contributed by atoms with Crippen molar-refractivity contribution in [3.05, 3.63) is 0 Å². The van der Waals surface area contributed by atoms with Crippen LogP contribution in [0.15, 0.2) is 0 Å². The van der Waals surface area contributed by atoms with Crippen LogP contribution in [0.4, 0.5) is 0 Å². The zero-order valence-corrected chi connectivity index (χ0v) is 13.5. The molecule has 1 N–H and O–H groups in total. The molecule has 3 nitrogen and oxygen atoms in total. The minimum atomic E-state index is 0.672. The molecule has 0 bridgehead atoms. The molecule has 2 unspecified atom stereocenters. The van der Waals surface area contributed by atoms with Gasteiger partial charge in [-0.1, -0.05) is 27.2 Å². The highest BCUT2D eigenvalue weighted by molar-refractivity contribution is 4.80. The van der Waals surface area contributed by atoms with Crippen molar-refractivity contribution in [3.63, 3.8) is 0 Å². The minimum absolute atomic E-state index is 0.672. The number of hydrogen-bond donors (Lipinski definition) is 1. The van der Waals surface area contributed by atoms with Crippen LogP contribution in [0, 0.1) is 5.92 Å². The fourth-order valence-corrected chi connectivity index (χ4v) is 2.66. The summed E-state index contributed by atoms with van der Waals surface area (Å²) in [5, 5.41) is 3.68. The first kappa shape index (κ1) is 16.9. The second kappa shape index (κ2) is 9.73. The number of ether oxygens (including phenoxy) is 1. The molecule has 1 rings (SSSR count). The zero-order chi connectivity index (χ0) is 14.1. The summed E-state index contributed by atoms with van der Waals surface area (Å²) in [4.78, 5) is 2.61. The Bertz CT molecular complexity index is 221. The first-order valence-corrected chi connectivity index (χ1v) is 8.18. The van der Waals surface area contributed by atoms with Crippen molar-refractivity contribution >= 4 is 0 Å². The Morgan fingerprint density at radius 3 is 2.79 bits per heavy atom. The zero-order valence-electron chi connectivity index (χ0n) is 13.5. The van der Waals surface area contributed by atoms with Gasteiger partial charge in [0.15, 0.2) is 0 Å². The third kappa shape index (κ3) is 7.28. The van der Waals surface area contributed by atoms with Crippen molar-refractivity contribution < 1.29 is 4.74 Å². The van der Waals surface area contributed by atoms with Crippen molar-refractivity contribution in [2.24, 2.45) is 5.92 Å². The van der Waals surface area contributed by atoms with E-state index in [0.29, 0.717) is 12.1 Å². The maximum absolute atomic E-state index is 5.77. The van der Waals surface area contributed by atoms with Gasteiger partial charge in [0.25, 0.3) is 0 Å². The van der Waals surface area contributed by atoms with Gasteiger partial charge in [-0.2, -0.15) is 0 Å². The van der Waals surface area contributed by atoms with Gasteiger partial charge in [-0.3, -0.25) is 4.90 Å². The maximum atomic E-state index is 5.77. The second-order valence-electron chi connectivity index (χ2n) is 6.37. The van der Waals surface area contributed by atoms with E-state index < -0.39 is 0 Å². The van der Waals surface area contributed by atoms with E-state index in [0.717, 1.165) is 32.2 Å².